The van der Waals surface area contributed by atoms with Gasteiger partial charge in [-0.05, 0) is 60.9 Å². The Morgan fingerprint density at radius 3 is 2.28 bits per heavy atom. The van der Waals surface area contributed by atoms with Gasteiger partial charge < -0.3 is 10.4 Å². The van der Waals surface area contributed by atoms with Crippen LogP contribution in [0.15, 0.2) is 48.5 Å². The van der Waals surface area contributed by atoms with Gasteiger partial charge in [0, 0.05) is 13.0 Å². The average Bonchev–Trinajstić information content (AvgIpc) is 2.78. The molecule has 3 rings (SSSR count). The molecule has 1 saturated heterocycles. The first-order chi connectivity index (χ1) is 14.2. The number of benzene rings is 2. The maximum absolute atomic E-state index is 12.5. The smallest absolute Gasteiger partial charge is 0.151 e. The van der Waals surface area contributed by atoms with Crippen LogP contribution >= 0.6 is 0 Å². The predicted molar refractivity (Wildman–Crippen MR) is 115 cm³/mol. The van der Waals surface area contributed by atoms with E-state index in [4.69, 9.17) is 5.11 Å². The second-order valence-corrected chi connectivity index (χ2v) is 7.92. The summed E-state index contributed by atoms with van der Waals surface area (Å²) in [5.74, 6) is -0.1000. The first-order valence-corrected chi connectivity index (χ1v) is 10.6. The first kappa shape index (κ1) is 21.2. The minimum absolute atomic E-state index is 0.0673. The topological polar surface area (TPSA) is 73.1 Å². The highest BCUT2D eigenvalue weighted by atomic mass is 16.2. The van der Waals surface area contributed by atoms with Crippen LogP contribution in [0.4, 0.5) is 0 Å². The lowest BCUT2D eigenvalue weighted by molar-refractivity contribution is -0.122. The lowest BCUT2D eigenvalue weighted by atomic mass is 9.90. The second kappa shape index (κ2) is 10.9. The van der Waals surface area contributed by atoms with Crippen molar-refractivity contribution in [1.82, 2.24) is 5.32 Å². The molecule has 2 atom stereocenters. The van der Waals surface area contributed by atoms with E-state index in [9.17, 15) is 10.1 Å². The number of ketones is 1. The Bertz CT molecular complexity index is 815. The summed E-state index contributed by atoms with van der Waals surface area (Å²) in [7, 11) is 0. The number of rotatable bonds is 9. The Balaban J connectivity index is 1.57. The normalized spacial score (nSPS) is 17.4. The van der Waals surface area contributed by atoms with E-state index >= 15 is 0 Å². The van der Waals surface area contributed by atoms with Crippen molar-refractivity contribution < 1.29 is 9.90 Å². The van der Waals surface area contributed by atoms with E-state index in [1.165, 1.54) is 5.56 Å². The number of Topliss-reactive ketones (excluding diaryl/α,β-unsaturated/α-hetero) is 1. The van der Waals surface area contributed by atoms with E-state index in [-0.39, 0.29) is 24.3 Å². The van der Waals surface area contributed by atoms with Gasteiger partial charge in [-0.25, -0.2) is 0 Å². The van der Waals surface area contributed by atoms with Crippen LogP contribution in [0.3, 0.4) is 0 Å². The second-order valence-electron chi connectivity index (χ2n) is 7.92. The number of carbonyl (C=O) groups excluding carboxylic acids is 1. The Labute approximate surface area is 173 Å². The van der Waals surface area contributed by atoms with Gasteiger partial charge in [0.15, 0.2) is 5.78 Å². The van der Waals surface area contributed by atoms with E-state index in [0.717, 1.165) is 55.3 Å². The van der Waals surface area contributed by atoms with Crippen molar-refractivity contribution >= 4 is 5.78 Å². The molecule has 0 spiro atoms. The molecule has 0 bridgehead atoms. The number of hydrogen-bond acceptors (Lipinski definition) is 4. The summed E-state index contributed by atoms with van der Waals surface area (Å²) in [5, 5.41) is 21.7. The fourth-order valence-electron chi connectivity index (χ4n) is 3.94. The minimum atomic E-state index is -0.275. The van der Waals surface area contributed by atoms with E-state index in [1.54, 1.807) is 0 Å². The average molecular weight is 391 g/mol. The van der Waals surface area contributed by atoms with Gasteiger partial charge >= 0.3 is 0 Å². The first-order valence-electron chi connectivity index (χ1n) is 10.6. The van der Waals surface area contributed by atoms with Crippen LogP contribution in [-0.2, 0) is 17.6 Å². The van der Waals surface area contributed by atoms with E-state index < -0.39 is 0 Å². The van der Waals surface area contributed by atoms with Gasteiger partial charge in [-0.2, -0.15) is 5.26 Å². The minimum Gasteiger partial charge on any atom is -0.396 e. The zero-order valence-corrected chi connectivity index (χ0v) is 16.9. The lowest BCUT2D eigenvalue weighted by Crippen LogP contribution is -2.41. The van der Waals surface area contributed by atoms with Crippen molar-refractivity contribution in [1.29, 1.82) is 5.26 Å². The summed E-state index contributed by atoms with van der Waals surface area (Å²) in [4.78, 5) is 12.5. The third-order valence-electron chi connectivity index (χ3n) is 5.68. The molecule has 2 N–H and O–H groups in total. The van der Waals surface area contributed by atoms with E-state index in [2.05, 4.69) is 59.9 Å². The fraction of sp³-hybridized carbons (Fsp3) is 0.440. The Morgan fingerprint density at radius 1 is 1.07 bits per heavy atom. The SMILES string of the molecule is N#C[C@@H](CC(=O)[C@@H]1CCCCN1)Cc1ccc(-c2ccc(CCCO)cc2)cc1. The summed E-state index contributed by atoms with van der Waals surface area (Å²) in [6.07, 6.45) is 5.71. The largest absolute Gasteiger partial charge is 0.396 e. The van der Waals surface area contributed by atoms with Gasteiger partial charge in [0.25, 0.3) is 0 Å². The van der Waals surface area contributed by atoms with Gasteiger partial charge in [-0.15, -0.1) is 0 Å². The Morgan fingerprint density at radius 2 is 1.72 bits per heavy atom. The molecule has 0 saturated carbocycles. The molecule has 0 unspecified atom stereocenters. The number of nitrogens with zero attached hydrogens (tertiary/aromatic N) is 1. The molecule has 2 aromatic rings. The standard InChI is InChI=1S/C25H30N2O2/c26-18-21(17-25(29)24-5-1-2-14-27-24)16-20-8-12-23(13-9-20)22-10-6-19(7-11-22)4-3-15-28/h6-13,21,24,27-28H,1-5,14-17H2/t21-,24+/m1/s1. The van der Waals surface area contributed by atoms with Gasteiger partial charge in [0.2, 0.25) is 0 Å². The number of piperidine rings is 1. The van der Waals surface area contributed by atoms with Gasteiger partial charge in [-0.3, -0.25) is 4.79 Å². The number of nitrogens with one attached hydrogen (secondary N) is 1. The van der Waals surface area contributed by atoms with Crippen LogP contribution in [-0.4, -0.2) is 30.1 Å². The van der Waals surface area contributed by atoms with E-state index in [1.807, 2.05) is 0 Å². The van der Waals surface area contributed by atoms with Crippen molar-refractivity contribution in [2.75, 3.05) is 13.2 Å². The number of nitriles is 1. The molecule has 0 aliphatic carbocycles. The molecule has 152 valence electrons. The van der Waals surface area contributed by atoms with Crippen molar-refractivity contribution in [2.24, 2.45) is 5.92 Å². The molecule has 0 amide bonds. The molecule has 29 heavy (non-hydrogen) atoms. The molecular formula is C25H30N2O2. The quantitative estimate of drug-likeness (QED) is 0.677. The third-order valence-corrected chi connectivity index (χ3v) is 5.68. The van der Waals surface area contributed by atoms with Crippen LogP contribution in [0, 0.1) is 17.2 Å². The number of hydrogen-bond donors (Lipinski definition) is 2. The van der Waals surface area contributed by atoms with Crippen molar-refractivity contribution in [3.8, 4) is 17.2 Å². The summed E-state index contributed by atoms with van der Waals surface area (Å²) in [6.45, 7) is 1.12. The molecule has 1 heterocycles. The zero-order chi connectivity index (χ0) is 20.5. The maximum Gasteiger partial charge on any atom is 0.151 e. The van der Waals surface area contributed by atoms with Crippen LogP contribution in [0.5, 0.6) is 0 Å². The van der Waals surface area contributed by atoms with Gasteiger partial charge in [0.1, 0.15) is 0 Å². The third kappa shape index (κ3) is 6.25. The van der Waals surface area contributed by atoms with Gasteiger partial charge in [-0.1, -0.05) is 55.0 Å². The number of aliphatic hydroxyl groups excluding tert-OH is 1. The molecule has 0 radical (unpaired) electrons. The van der Waals surface area contributed by atoms with Crippen molar-refractivity contribution in [3.63, 3.8) is 0 Å². The number of carbonyl (C=O) groups is 1. The highest BCUT2D eigenvalue weighted by Gasteiger charge is 2.23. The molecule has 2 aromatic carbocycles. The molecule has 4 heteroatoms. The Kier molecular flexibility index (Phi) is 7.98. The maximum atomic E-state index is 12.5. The zero-order valence-electron chi connectivity index (χ0n) is 16.9. The van der Waals surface area contributed by atoms with Crippen molar-refractivity contribution in [3.05, 3.63) is 59.7 Å². The molecular weight excluding hydrogens is 360 g/mol. The fourth-order valence-corrected chi connectivity index (χ4v) is 3.94. The predicted octanol–water partition coefficient (Wildman–Crippen LogP) is 4.06. The Hall–Kier alpha value is -2.48. The van der Waals surface area contributed by atoms with Gasteiger partial charge in [0.05, 0.1) is 18.0 Å². The van der Waals surface area contributed by atoms with Crippen LogP contribution in [0.1, 0.15) is 43.2 Å². The molecule has 0 aromatic heterocycles. The van der Waals surface area contributed by atoms with Crippen LogP contribution in [0.25, 0.3) is 11.1 Å². The molecule has 1 fully saturated rings. The molecule has 1 aliphatic heterocycles. The monoisotopic (exact) mass is 390 g/mol. The molecule has 1 aliphatic rings. The highest BCUT2D eigenvalue weighted by Crippen LogP contribution is 2.23. The van der Waals surface area contributed by atoms with Crippen LogP contribution in [0.2, 0.25) is 0 Å². The summed E-state index contributed by atoms with van der Waals surface area (Å²) >= 11 is 0. The molecule has 4 nitrogen and oxygen atoms in total. The number of aliphatic hydroxyl groups is 1. The lowest BCUT2D eigenvalue weighted by Gasteiger charge is -2.23. The van der Waals surface area contributed by atoms with E-state index in [0.29, 0.717) is 12.8 Å². The number of aryl methyl sites for hydroxylation is 1. The van der Waals surface area contributed by atoms with Crippen LogP contribution < -0.4 is 5.32 Å². The highest BCUT2D eigenvalue weighted by molar-refractivity contribution is 5.84. The summed E-state index contributed by atoms with van der Waals surface area (Å²) in [6, 6.07) is 19.0. The van der Waals surface area contributed by atoms with Crippen molar-refractivity contribution in [2.45, 2.75) is 51.0 Å². The summed E-state index contributed by atoms with van der Waals surface area (Å²) in [5.41, 5.74) is 4.61. The summed E-state index contributed by atoms with van der Waals surface area (Å²) < 4.78 is 0.